The summed E-state index contributed by atoms with van der Waals surface area (Å²) in [5, 5.41) is 7.63. The number of aliphatic hydroxyl groups is 1. The second kappa shape index (κ2) is 6.88. The molecule has 0 unspecified atom stereocenters. The second-order valence-electron chi connectivity index (χ2n) is 5.56. The van der Waals surface area contributed by atoms with Crippen LogP contribution in [0.15, 0.2) is 24.3 Å². The number of hydrogen-bond acceptors (Lipinski definition) is 2. The summed E-state index contributed by atoms with van der Waals surface area (Å²) in [4.78, 5) is 11.3. The monoisotopic (exact) mass is 438 g/mol. The molecular formula is C16H5F11O2. The molecule has 2 aromatic carbocycles. The number of carbonyl (C=O) groups excluding carboxylic acids is 1. The van der Waals surface area contributed by atoms with Gasteiger partial charge < -0.3 is 5.11 Å². The molecule has 0 heterocycles. The molecule has 0 radical (unpaired) electrons. The third-order valence-electron chi connectivity index (χ3n) is 3.75. The lowest BCUT2D eigenvalue weighted by Crippen LogP contribution is -2.58. The molecule has 0 aromatic heterocycles. The van der Waals surface area contributed by atoms with Crippen LogP contribution in [0, 0.1) is 23.3 Å². The zero-order valence-electron chi connectivity index (χ0n) is 13.3. The van der Waals surface area contributed by atoms with Crippen molar-refractivity contribution in [3.63, 3.8) is 0 Å². The molecule has 2 aromatic rings. The van der Waals surface area contributed by atoms with Crippen molar-refractivity contribution < 1.29 is 58.2 Å². The van der Waals surface area contributed by atoms with Gasteiger partial charge >= 0.3 is 18.0 Å². The van der Waals surface area contributed by atoms with E-state index in [4.69, 9.17) is 0 Å². The van der Waals surface area contributed by atoms with Gasteiger partial charge in [0, 0.05) is 22.4 Å². The molecule has 0 aliphatic carbocycles. The van der Waals surface area contributed by atoms with E-state index in [0.717, 1.165) is 0 Å². The minimum atomic E-state index is -6.74. The molecular weight excluding hydrogens is 433 g/mol. The van der Waals surface area contributed by atoms with Crippen molar-refractivity contribution in [3.8, 4) is 0 Å². The van der Waals surface area contributed by atoms with Gasteiger partial charge in [-0.25, -0.2) is 22.0 Å². The molecule has 0 saturated heterocycles. The topological polar surface area (TPSA) is 37.3 Å². The van der Waals surface area contributed by atoms with E-state index in [9.17, 15) is 58.2 Å². The van der Waals surface area contributed by atoms with Gasteiger partial charge in [-0.3, -0.25) is 4.79 Å². The van der Waals surface area contributed by atoms with Gasteiger partial charge in [-0.15, -0.1) is 0 Å². The van der Waals surface area contributed by atoms with Gasteiger partial charge in [-0.1, -0.05) is 12.1 Å². The van der Waals surface area contributed by atoms with E-state index in [1.165, 1.54) is 0 Å². The molecule has 0 atom stereocenters. The molecule has 13 heteroatoms. The number of benzene rings is 2. The number of hydrogen-bond donors (Lipinski definition) is 1. The maximum atomic E-state index is 13.7. The number of halogens is 11. The van der Waals surface area contributed by atoms with E-state index >= 15 is 0 Å². The Hall–Kier alpha value is -2.86. The quantitative estimate of drug-likeness (QED) is 0.220. The van der Waals surface area contributed by atoms with Crippen molar-refractivity contribution in [3.05, 3.63) is 53.1 Å². The van der Waals surface area contributed by atoms with Gasteiger partial charge in [0.2, 0.25) is 5.78 Å². The highest BCUT2D eigenvalue weighted by Gasteiger charge is 2.76. The van der Waals surface area contributed by atoms with E-state index in [1.54, 1.807) is 0 Å². The molecule has 29 heavy (non-hydrogen) atoms. The van der Waals surface area contributed by atoms with Crippen LogP contribution < -0.4 is 0 Å². The third kappa shape index (κ3) is 3.49. The Labute approximate surface area is 152 Å². The molecule has 2 nitrogen and oxygen atoms in total. The highest BCUT2D eigenvalue weighted by molar-refractivity contribution is 6.03. The summed E-state index contributed by atoms with van der Waals surface area (Å²) in [7, 11) is 0. The normalized spacial score (nSPS) is 13.8. The van der Waals surface area contributed by atoms with Crippen LogP contribution in [0.3, 0.4) is 0 Å². The summed E-state index contributed by atoms with van der Waals surface area (Å²) in [6, 6.07) is 1.33. The molecule has 0 fully saturated rings. The van der Waals surface area contributed by atoms with Crippen LogP contribution in [-0.4, -0.2) is 28.9 Å². The first-order chi connectivity index (χ1) is 13.0. The Morgan fingerprint density at radius 1 is 0.759 bits per heavy atom. The second-order valence-corrected chi connectivity index (χ2v) is 5.56. The molecule has 0 amide bonds. The predicted molar refractivity (Wildman–Crippen MR) is 75.3 cm³/mol. The van der Waals surface area contributed by atoms with Crippen LogP contribution in [0.25, 0.3) is 16.5 Å². The van der Waals surface area contributed by atoms with Crippen LogP contribution in [0.4, 0.5) is 48.3 Å². The van der Waals surface area contributed by atoms with Gasteiger partial charge in [0.1, 0.15) is 5.76 Å². The fourth-order valence-electron chi connectivity index (χ4n) is 2.25. The Bertz CT molecular complexity index is 1000. The first-order valence-electron chi connectivity index (χ1n) is 7.07. The average molecular weight is 438 g/mol. The van der Waals surface area contributed by atoms with Crippen LogP contribution in [0.1, 0.15) is 5.56 Å². The summed E-state index contributed by atoms with van der Waals surface area (Å²) in [6.07, 6.45) is -14.2. The molecule has 0 spiro atoms. The lowest BCUT2D eigenvalue weighted by atomic mass is 9.96. The van der Waals surface area contributed by atoms with Crippen LogP contribution in [0.5, 0.6) is 0 Å². The lowest BCUT2D eigenvalue weighted by molar-refractivity contribution is -0.323. The average Bonchev–Trinajstić information content (AvgIpc) is 2.61. The standard InChI is InChI=1S/C16H5F11O2/c17-10-6-2-1-5(3-7(6)11(18)13(20)12(10)19)8(28)4-9(29)14(21,15(22,23)24)16(25,26)27/h1-4,28H/b8-4-. The summed E-state index contributed by atoms with van der Waals surface area (Å²) >= 11 is 0. The first kappa shape index (κ1) is 22.4. The number of ketones is 1. The predicted octanol–water partition coefficient (Wildman–Crippen LogP) is 5.70. The Kier molecular flexibility index (Phi) is 5.32. The lowest BCUT2D eigenvalue weighted by Gasteiger charge is -2.27. The third-order valence-corrected chi connectivity index (χ3v) is 3.75. The van der Waals surface area contributed by atoms with E-state index < -0.39 is 75.2 Å². The fourth-order valence-corrected chi connectivity index (χ4v) is 2.25. The minimum Gasteiger partial charge on any atom is -0.507 e. The molecule has 0 bridgehead atoms. The minimum absolute atomic E-state index is 0.302. The van der Waals surface area contributed by atoms with Gasteiger partial charge in [-0.2, -0.15) is 26.3 Å². The number of aliphatic hydroxyl groups excluding tert-OH is 1. The number of rotatable bonds is 3. The Balaban J connectivity index is 2.62. The van der Waals surface area contributed by atoms with Crippen molar-refractivity contribution in [2.45, 2.75) is 18.0 Å². The summed E-state index contributed by atoms with van der Waals surface area (Å²) in [5.41, 5.74) is -7.28. The fraction of sp³-hybridized carbons (Fsp3) is 0.188. The summed E-state index contributed by atoms with van der Waals surface area (Å²) in [5.74, 6) is -13.3. The molecule has 0 saturated carbocycles. The Morgan fingerprint density at radius 3 is 1.66 bits per heavy atom. The van der Waals surface area contributed by atoms with Crippen molar-refractivity contribution in [1.29, 1.82) is 0 Å². The zero-order valence-corrected chi connectivity index (χ0v) is 13.3. The smallest absolute Gasteiger partial charge is 0.439 e. The van der Waals surface area contributed by atoms with Crippen LogP contribution in [-0.2, 0) is 4.79 Å². The van der Waals surface area contributed by atoms with Crippen molar-refractivity contribution in [2.24, 2.45) is 0 Å². The number of allylic oxidation sites excluding steroid dienone is 1. The Morgan fingerprint density at radius 2 is 1.21 bits per heavy atom. The molecule has 0 aliphatic heterocycles. The maximum absolute atomic E-state index is 13.7. The van der Waals surface area contributed by atoms with Gasteiger partial charge in [0.15, 0.2) is 23.3 Å². The van der Waals surface area contributed by atoms with Gasteiger partial charge in [-0.05, 0) is 6.07 Å². The van der Waals surface area contributed by atoms with Crippen molar-refractivity contribution >= 4 is 22.3 Å². The molecule has 158 valence electrons. The van der Waals surface area contributed by atoms with E-state index in [2.05, 4.69) is 0 Å². The van der Waals surface area contributed by atoms with E-state index in [1.807, 2.05) is 0 Å². The molecule has 2 rings (SSSR count). The number of fused-ring (bicyclic) bond motifs is 1. The molecule has 0 aliphatic rings. The van der Waals surface area contributed by atoms with E-state index in [0.29, 0.717) is 18.2 Å². The molecule has 1 N–H and O–H groups in total. The maximum Gasteiger partial charge on any atom is 0.439 e. The van der Waals surface area contributed by atoms with Crippen molar-refractivity contribution in [2.75, 3.05) is 0 Å². The van der Waals surface area contributed by atoms with E-state index in [-0.39, 0.29) is 0 Å². The first-order valence-corrected chi connectivity index (χ1v) is 7.07. The summed E-state index contributed by atoms with van der Waals surface area (Å²) in [6.45, 7) is 0. The van der Waals surface area contributed by atoms with Crippen LogP contribution >= 0.6 is 0 Å². The highest BCUT2D eigenvalue weighted by Crippen LogP contribution is 2.47. The SMILES string of the molecule is O=C(/C=C(\O)c1ccc2c(F)c(F)c(F)c(F)c2c1)C(F)(C(F)(F)F)C(F)(F)F. The van der Waals surface area contributed by atoms with Gasteiger partial charge in [0.25, 0.3) is 0 Å². The highest BCUT2D eigenvalue weighted by atomic mass is 19.4. The largest absolute Gasteiger partial charge is 0.507 e. The van der Waals surface area contributed by atoms with Crippen molar-refractivity contribution in [1.82, 2.24) is 0 Å². The number of alkyl halides is 7. The summed E-state index contributed by atoms with van der Waals surface area (Å²) < 4.78 is 142. The van der Waals surface area contributed by atoms with Gasteiger partial charge in [0.05, 0.1) is 0 Å². The van der Waals surface area contributed by atoms with Crippen LogP contribution in [0.2, 0.25) is 0 Å². The zero-order chi connectivity index (χ0) is 22.5. The number of carbonyl (C=O) groups is 1.